The van der Waals surface area contributed by atoms with Crippen LogP contribution in [-0.2, 0) is 6.42 Å². The van der Waals surface area contributed by atoms with Gasteiger partial charge < -0.3 is 4.74 Å². The minimum absolute atomic E-state index is 0.0396. The summed E-state index contributed by atoms with van der Waals surface area (Å²) in [5.74, 6) is 0.336. The fourth-order valence-corrected chi connectivity index (χ4v) is 3.01. The van der Waals surface area contributed by atoms with Gasteiger partial charge in [0.25, 0.3) is 0 Å². The lowest BCUT2D eigenvalue weighted by Gasteiger charge is -2.26. The van der Waals surface area contributed by atoms with Crippen molar-refractivity contribution in [2.75, 3.05) is 0 Å². The minimum atomic E-state index is -0.0396. The van der Waals surface area contributed by atoms with Crippen molar-refractivity contribution < 1.29 is 4.74 Å². The van der Waals surface area contributed by atoms with Gasteiger partial charge in [0, 0.05) is 0 Å². The van der Waals surface area contributed by atoms with E-state index < -0.39 is 0 Å². The lowest BCUT2D eigenvalue weighted by atomic mass is 9.89. The van der Waals surface area contributed by atoms with Gasteiger partial charge in [0.1, 0.15) is 11.1 Å². The maximum atomic E-state index is 6.12. The second-order valence-corrected chi connectivity index (χ2v) is 5.92. The molecule has 0 saturated heterocycles. The van der Waals surface area contributed by atoms with E-state index in [1.807, 2.05) is 12.1 Å². The Morgan fingerprint density at radius 2 is 1.90 bits per heavy atom. The first kappa shape index (κ1) is 14.0. The predicted octanol–water partition coefficient (Wildman–Crippen LogP) is 5.50. The summed E-state index contributed by atoms with van der Waals surface area (Å²) in [6.07, 6.45) is 3.07. The first-order valence-corrected chi connectivity index (χ1v) is 7.54. The number of ether oxygens (including phenoxy) is 1. The van der Waals surface area contributed by atoms with Crippen LogP contribution in [0.3, 0.4) is 0 Å². The molecule has 1 aliphatic rings. The van der Waals surface area contributed by atoms with Gasteiger partial charge in [0.05, 0.1) is 5.02 Å². The molecule has 1 atom stereocenters. The van der Waals surface area contributed by atoms with E-state index in [0.717, 1.165) is 19.3 Å². The van der Waals surface area contributed by atoms with Gasteiger partial charge >= 0.3 is 0 Å². The van der Waals surface area contributed by atoms with E-state index in [-0.39, 0.29) is 11.3 Å². The maximum Gasteiger partial charge on any atom is 0.234 e. The molecule has 1 aromatic carbocycles. The molecule has 1 aromatic heterocycles. The predicted molar refractivity (Wildman–Crippen MR) is 82.0 cm³/mol. The number of benzene rings is 1. The summed E-state index contributed by atoms with van der Waals surface area (Å²) in [5.41, 5.74) is 2.52. The molecule has 0 spiro atoms. The Morgan fingerprint density at radius 3 is 2.75 bits per heavy atom. The van der Waals surface area contributed by atoms with Crippen LogP contribution in [0.25, 0.3) is 0 Å². The molecule has 2 nitrogen and oxygen atoms in total. The number of pyridine rings is 1. The molecule has 1 aliphatic carbocycles. The summed E-state index contributed by atoms with van der Waals surface area (Å²) in [5, 5.41) is 0.908. The monoisotopic (exact) mass is 327 g/mol. The Balaban J connectivity index is 1.91. The van der Waals surface area contributed by atoms with E-state index in [4.69, 9.17) is 39.5 Å². The SMILES string of the molecule is Clc1cc(Cl)c(OC2CCCc3ccccc32)nc1Cl. The number of aromatic nitrogens is 1. The van der Waals surface area contributed by atoms with E-state index in [9.17, 15) is 0 Å². The molecule has 0 radical (unpaired) electrons. The first-order chi connectivity index (χ1) is 9.65. The average Bonchev–Trinajstić information content (AvgIpc) is 2.45. The van der Waals surface area contributed by atoms with Gasteiger partial charge in [0.15, 0.2) is 5.15 Å². The van der Waals surface area contributed by atoms with Crippen LogP contribution in [0.2, 0.25) is 15.2 Å². The Labute approximate surface area is 132 Å². The number of nitrogens with zero attached hydrogens (tertiary/aromatic N) is 1. The Kier molecular flexibility index (Phi) is 4.06. The fraction of sp³-hybridized carbons (Fsp3) is 0.267. The van der Waals surface area contributed by atoms with Crippen LogP contribution in [0.15, 0.2) is 30.3 Å². The zero-order chi connectivity index (χ0) is 14.1. The minimum Gasteiger partial charge on any atom is -0.468 e. The van der Waals surface area contributed by atoms with Gasteiger partial charge in [-0.25, -0.2) is 0 Å². The highest BCUT2D eigenvalue weighted by Gasteiger charge is 2.23. The standard InChI is InChI=1S/C15H12Cl3NO/c16-11-8-12(17)15(19-14(11)18)20-13-7-3-5-9-4-1-2-6-10(9)13/h1-2,4,6,8,13H,3,5,7H2. The molecule has 1 heterocycles. The van der Waals surface area contributed by atoms with Crippen LogP contribution in [0.4, 0.5) is 0 Å². The van der Waals surface area contributed by atoms with Crippen molar-refractivity contribution >= 4 is 34.8 Å². The van der Waals surface area contributed by atoms with Crippen molar-refractivity contribution in [3.05, 3.63) is 56.7 Å². The molecule has 2 aromatic rings. The van der Waals surface area contributed by atoms with Gasteiger partial charge in [-0.3, -0.25) is 0 Å². The largest absolute Gasteiger partial charge is 0.468 e. The van der Waals surface area contributed by atoms with Crippen LogP contribution in [-0.4, -0.2) is 4.98 Å². The maximum absolute atomic E-state index is 6.12. The van der Waals surface area contributed by atoms with Gasteiger partial charge in [-0.05, 0) is 36.5 Å². The third kappa shape index (κ3) is 2.73. The second kappa shape index (κ2) is 5.80. The number of halogens is 3. The molecule has 0 bridgehead atoms. The molecule has 0 N–H and O–H groups in total. The topological polar surface area (TPSA) is 22.1 Å². The lowest BCUT2D eigenvalue weighted by molar-refractivity contribution is 0.176. The van der Waals surface area contributed by atoms with Crippen molar-refractivity contribution in [3.63, 3.8) is 0 Å². The van der Waals surface area contributed by atoms with E-state index in [1.54, 1.807) is 6.07 Å². The van der Waals surface area contributed by atoms with Crippen molar-refractivity contribution in [1.29, 1.82) is 0 Å². The van der Waals surface area contributed by atoms with E-state index in [0.29, 0.717) is 15.9 Å². The molecule has 5 heteroatoms. The van der Waals surface area contributed by atoms with Crippen LogP contribution in [0, 0.1) is 0 Å². The molecule has 0 amide bonds. The summed E-state index contributed by atoms with van der Waals surface area (Å²) < 4.78 is 5.96. The smallest absolute Gasteiger partial charge is 0.234 e. The highest BCUT2D eigenvalue weighted by atomic mass is 35.5. The molecule has 104 valence electrons. The number of fused-ring (bicyclic) bond motifs is 1. The van der Waals surface area contributed by atoms with Crippen molar-refractivity contribution in [2.45, 2.75) is 25.4 Å². The number of rotatable bonds is 2. The van der Waals surface area contributed by atoms with Crippen LogP contribution in [0.5, 0.6) is 5.88 Å². The average molecular weight is 329 g/mol. The van der Waals surface area contributed by atoms with Gasteiger partial charge in [-0.1, -0.05) is 59.1 Å². The fourth-order valence-electron chi connectivity index (χ4n) is 2.48. The van der Waals surface area contributed by atoms with Crippen LogP contribution < -0.4 is 4.74 Å². The lowest BCUT2D eigenvalue weighted by Crippen LogP contribution is -2.15. The normalized spacial score (nSPS) is 17.6. The molecule has 3 rings (SSSR count). The van der Waals surface area contributed by atoms with E-state index in [1.165, 1.54) is 11.1 Å². The van der Waals surface area contributed by atoms with Gasteiger partial charge in [-0.2, -0.15) is 4.98 Å². The highest BCUT2D eigenvalue weighted by Crippen LogP contribution is 2.37. The Bertz CT molecular complexity index is 645. The zero-order valence-corrected chi connectivity index (χ0v) is 12.8. The van der Waals surface area contributed by atoms with Crippen molar-refractivity contribution in [3.8, 4) is 5.88 Å². The third-order valence-electron chi connectivity index (χ3n) is 3.42. The molecule has 0 fully saturated rings. The van der Waals surface area contributed by atoms with Crippen molar-refractivity contribution in [1.82, 2.24) is 4.98 Å². The summed E-state index contributed by atoms with van der Waals surface area (Å²) >= 11 is 17.9. The highest BCUT2D eigenvalue weighted by molar-refractivity contribution is 6.42. The van der Waals surface area contributed by atoms with Crippen LogP contribution in [0.1, 0.15) is 30.1 Å². The summed E-state index contributed by atoms with van der Waals surface area (Å²) in [7, 11) is 0. The van der Waals surface area contributed by atoms with E-state index >= 15 is 0 Å². The zero-order valence-electron chi connectivity index (χ0n) is 10.6. The van der Waals surface area contributed by atoms with Gasteiger partial charge in [0.2, 0.25) is 5.88 Å². The van der Waals surface area contributed by atoms with E-state index in [2.05, 4.69) is 17.1 Å². The molecule has 1 unspecified atom stereocenters. The quantitative estimate of drug-likeness (QED) is 0.679. The molecular weight excluding hydrogens is 317 g/mol. The number of aryl methyl sites for hydroxylation is 1. The van der Waals surface area contributed by atoms with Gasteiger partial charge in [-0.15, -0.1) is 0 Å². The molecule has 0 saturated carbocycles. The second-order valence-electron chi connectivity index (χ2n) is 4.75. The summed E-state index contributed by atoms with van der Waals surface area (Å²) in [4.78, 5) is 4.12. The van der Waals surface area contributed by atoms with Crippen LogP contribution >= 0.6 is 34.8 Å². The molecule has 20 heavy (non-hydrogen) atoms. The number of hydrogen-bond donors (Lipinski definition) is 0. The molecule has 0 aliphatic heterocycles. The molecular formula is C15H12Cl3NO. The third-order valence-corrected chi connectivity index (χ3v) is 4.37. The summed E-state index contributed by atoms with van der Waals surface area (Å²) in [6, 6.07) is 9.85. The Morgan fingerprint density at radius 1 is 1.10 bits per heavy atom. The Hall–Kier alpha value is -0.960. The van der Waals surface area contributed by atoms with Crippen molar-refractivity contribution in [2.24, 2.45) is 0 Å². The number of hydrogen-bond acceptors (Lipinski definition) is 2. The first-order valence-electron chi connectivity index (χ1n) is 6.41. The summed E-state index contributed by atoms with van der Waals surface area (Å²) in [6.45, 7) is 0.